The first-order valence-electron chi connectivity index (χ1n) is 13.2. The van der Waals surface area contributed by atoms with Crippen molar-refractivity contribution in [2.45, 2.75) is 45.4 Å². The molecule has 4 aromatic rings. The number of ether oxygens (including phenoxy) is 1. The highest BCUT2D eigenvalue weighted by Gasteiger charge is 2.34. The largest absolute Gasteiger partial charge is 0.376 e. The van der Waals surface area contributed by atoms with Crippen LogP contribution in [0.5, 0.6) is 0 Å². The van der Waals surface area contributed by atoms with Crippen LogP contribution >= 0.6 is 0 Å². The van der Waals surface area contributed by atoms with E-state index in [2.05, 4.69) is 43.3 Å². The van der Waals surface area contributed by atoms with Gasteiger partial charge in [-0.25, -0.2) is 9.07 Å². The molecule has 10 heteroatoms. The summed E-state index contributed by atoms with van der Waals surface area (Å²) in [6.07, 6.45) is 2.03. The van der Waals surface area contributed by atoms with E-state index in [4.69, 9.17) is 4.74 Å². The first kappa shape index (κ1) is 24.7. The number of nitrogens with zero attached hydrogens (tertiary/aromatic N) is 6. The molecule has 0 bridgehead atoms. The van der Waals surface area contributed by atoms with Crippen LogP contribution in [0, 0.1) is 19.7 Å². The van der Waals surface area contributed by atoms with Crippen molar-refractivity contribution in [3.8, 4) is 0 Å². The molecule has 0 spiro atoms. The molecule has 4 heterocycles. The third kappa shape index (κ3) is 4.69. The summed E-state index contributed by atoms with van der Waals surface area (Å²) in [5.41, 5.74) is 4.14. The summed E-state index contributed by atoms with van der Waals surface area (Å²) in [4.78, 5) is 20.9. The van der Waals surface area contributed by atoms with Crippen molar-refractivity contribution in [3.63, 3.8) is 0 Å². The number of aromatic amines is 1. The van der Waals surface area contributed by atoms with Gasteiger partial charge in [-0.05, 0) is 84.0 Å². The molecule has 2 atom stereocenters. The van der Waals surface area contributed by atoms with Crippen LogP contribution in [0.4, 0.5) is 10.1 Å². The lowest BCUT2D eigenvalue weighted by Crippen LogP contribution is -2.49. The zero-order chi connectivity index (χ0) is 26.2. The monoisotopic (exact) mass is 517 g/mol. The van der Waals surface area contributed by atoms with Crippen LogP contribution < -0.4 is 10.5 Å². The molecule has 0 amide bonds. The van der Waals surface area contributed by atoms with Gasteiger partial charge in [-0.1, -0.05) is 12.1 Å². The molecule has 2 aromatic carbocycles. The zero-order valence-corrected chi connectivity index (χ0v) is 21.7. The van der Waals surface area contributed by atoms with Gasteiger partial charge in [-0.15, -0.1) is 5.10 Å². The number of tetrazole rings is 1. The van der Waals surface area contributed by atoms with Gasteiger partial charge < -0.3 is 14.6 Å². The molecule has 198 valence electrons. The van der Waals surface area contributed by atoms with Crippen LogP contribution in [0.3, 0.4) is 0 Å². The van der Waals surface area contributed by atoms with Crippen molar-refractivity contribution in [1.82, 2.24) is 30.1 Å². The average Bonchev–Trinajstić information content (AvgIpc) is 3.60. The second-order valence-electron chi connectivity index (χ2n) is 10.3. The molecule has 0 radical (unpaired) electrons. The summed E-state index contributed by atoms with van der Waals surface area (Å²) >= 11 is 0. The van der Waals surface area contributed by atoms with Gasteiger partial charge in [0.2, 0.25) is 0 Å². The summed E-state index contributed by atoms with van der Waals surface area (Å²) in [7, 11) is 0. The number of para-hydroxylation sites is 1. The summed E-state index contributed by atoms with van der Waals surface area (Å²) in [6, 6.07) is 12.5. The molecule has 6 rings (SSSR count). The Hall–Kier alpha value is -3.63. The number of pyridine rings is 1. The molecule has 9 nitrogen and oxygen atoms in total. The van der Waals surface area contributed by atoms with E-state index in [9.17, 15) is 9.18 Å². The standard InChI is InChI=1S/C28H32FN7O2/c1-18-14-20-16-22(28(37)30-24(20)15-19(18)2)26(27-31-32-33-36(27)17-21-6-5-13-38-21)35-11-9-34(10-12-35)25-8-4-3-7-23(25)29/h3-4,7-8,14-16,21,26H,5-6,9-13,17H2,1-2H3,(H,30,37). The van der Waals surface area contributed by atoms with Crippen LogP contribution in [0.15, 0.2) is 47.3 Å². The minimum Gasteiger partial charge on any atom is -0.376 e. The number of halogens is 1. The number of rotatable bonds is 6. The number of piperazine rings is 1. The molecule has 1 N–H and O–H groups in total. The molecular formula is C28H32FN7O2. The fourth-order valence-electron chi connectivity index (χ4n) is 5.64. The van der Waals surface area contributed by atoms with Crippen molar-refractivity contribution in [2.75, 3.05) is 37.7 Å². The van der Waals surface area contributed by atoms with Crippen molar-refractivity contribution in [3.05, 3.63) is 81.2 Å². The number of benzene rings is 2. The van der Waals surface area contributed by atoms with Gasteiger partial charge in [0.15, 0.2) is 5.82 Å². The molecule has 2 aromatic heterocycles. The lowest BCUT2D eigenvalue weighted by molar-refractivity contribution is 0.0906. The van der Waals surface area contributed by atoms with Gasteiger partial charge >= 0.3 is 0 Å². The topological polar surface area (TPSA) is 92.2 Å². The van der Waals surface area contributed by atoms with E-state index in [-0.39, 0.29) is 17.5 Å². The Balaban J connectivity index is 1.38. The number of H-pyrrole nitrogens is 1. The molecule has 0 saturated carbocycles. The second kappa shape index (κ2) is 10.3. The molecule has 2 aliphatic heterocycles. The van der Waals surface area contributed by atoms with Crippen LogP contribution in [0.25, 0.3) is 10.9 Å². The van der Waals surface area contributed by atoms with E-state index in [1.165, 1.54) is 6.07 Å². The number of anilines is 1. The maximum absolute atomic E-state index is 14.5. The summed E-state index contributed by atoms with van der Waals surface area (Å²) in [5.74, 6) is 0.392. The van der Waals surface area contributed by atoms with Crippen LogP contribution in [-0.2, 0) is 11.3 Å². The molecule has 2 saturated heterocycles. The van der Waals surface area contributed by atoms with Crippen LogP contribution in [-0.4, -0.2) is 69.0 Å². The van der Waals surface area contributed by atoms with Gasteiger partial charge in [-0.2, -0.15) is 0 Å². The first-order chi connectivity index (χ1) is 18.5. The van der Waals surface area contributed by atoms with Gasteiger partial charge in [-0.3, -0.25) is 9.69 Å². The Morgan fingerprint density at radius 2 is 1.89 bits per heavy atom. The second-order valence-corrected chi connectivity index (χ2v) is 10.3. The highest BCUT2D eigenvalue weighted by Crippen LogP contribution is 2.30. The molecule has 2 unspecified atom stereocenters. The number of fused-ring (bicyclic) bond motifs is 1. The minimum atomic E-state index is -0.455. The van der Waals surface area contributed by atoms with E-state index in [1.54, 1.807) is 10.7 Å². The Kier molecular flexibility index (Phi) is 6.67. The number of hydrogen-bond acceptors (Lipinski definition) is 7. The van der Waals surface area contributed by atoms with Crippen LogP contribution in [0.2, 0.25) is 0 Å². The van der Waals surface area contributed by atoms with E-state index < -0.39 is 6.04 Å². The highest BCUT2D eigenvalue weighted by atomic mass is 19.1. The van der Waals surface area contributed by atoms with Gasteiger partial charge in [0.1, 0.15) is 11.9 Å². The van der Waals surface area contributed by atoms with Crippen molar-refractivity contribution < 1.29 is 9.13 Å². The number of nitrogens with one attached hydrogen (secondary N) is 1. The van der Waals surface area contributed by atoms with E-state index in [0.717, 1.165) is 41.5 Å². The molecule has 0 aliphatic carbocycles. The Morgan fingerprint density at radius 1 is 1.11 bits per heavy atom. The van der Waals surface area contributed by atoms with E-state index >= 15 is 0 Å². The molecule has 2 aliphatic rings. The predicted octanol–water partition coefficient (Wildman–Crippen LogP) is 3.36. The molecule has 2 fully saturated rings. The molecular weight excluding hydrogens is 485 g/mol. The fraction of sp³-hybridized carbons (Fsp3) is 0.429. The predicted molar refractivity (Wildman–Crippen MR) is 143 cm³/mol. The highest BCUT2D eigenvalue weighted by molar-refractivity contribution is 5.81. The SMILES string of the molecule is Cc1cc2cc(C(c3nnnn3CC3CCCO3)N3CCN(c4ccccc4F)CC3)c(=O)[nH]c2cc1C. The Bertz CT molecular complexity index is 1500. The van der Waals surface area contributed by atoms with E-state index in [0.29, 0.717) is 49.8 Å². The third-order valence-electron chi connectivity index (χ3n) is 7.86. The van der Waals surface area contributed by atoms with Gasteiger partial charge in [0.05, 0.1) is 18.3 Å². The van der Waals surface area contributed by atoms with Gasteiger partial charge in [0, 0.05) is 43.9 Å². The maximum Gasteiger partial charge on any atom is 0.253 e. The van der Waals surface area contributed by atoms with Gasteiger partial charge in [0.25, 0.3) is 5.56 Å². The smallest absolute Gasteiger partial charge is 0.253 e. The summed E-state index contributed by atoms with van der Waals surface area (Å²) in [6.45, 7) is 7.87. The number of hydrogen-bond donors (Lipinski definition) is 1. The van der Waals surface area contributed by atoms with Crippen molar-refractivity contribution >= 4 is 16.6 Å². The van der Waals surface area contributed by atoms with Crippen molar-refractivity contribution in [2.24, 2.45) is 0 Å². The summed E-state index contributed by atoms with van der Waals surface area (Å²) in [5, 5.41) is 13.7. The third-order valence-corrected chi connectivity index (χ3v) is 7.86. The zero-order valence-electron chi connectivity index (χ0n) is 21.7. The van der Waals surface area contributed by atoms with E-state index in [1.807, 2.05) is 31.2 Å². The lowest BCUT2D eigenvalue weighted by Gasteiger charge is -2.39. The minimum absolute atomic E-state index is 0.0521. The maximum atomic E-state index is 14.5. The number of aromatic nitrogens is 5. The first-order valence-corrected chi connectivity index (χ1v) is 13.2. The normalized spacial score (nSPS) is 19.3. The lowest BCUT2D eigenvalue weighted by atomic mass is 10.00. The van der Waals surface area contributed by atoms with Crippen molar-refractivity contribution in [1.29, 1.82) is 0 Å². The molecule has 38 heavy (non-hydrogen) atoms. The fourth-order valence-corrected chi connectivity index (χ4v) is 5.64. The Labute approximate surface area is 220 Å². The summed E-state index contributed by atoms with van der Waals surface area (Å²) < 4.78 is 22.1. The van der Waals surface area contributed by atoms with Crippen LogP contribution in [0.1, 0.15) is 41.4 Å². The Morgan fingerprint density at radius 3 is 2.66 bits per heavy atom. The average molecular weight is 518 g/mol. The quantitative estimate of drug-likeness (QED) is 0.419. The number of aryl methyl sites for hydroxylation is 2.